The summed E-state index contributed by atoms with van der Waals surface area (Å²) in [5, 5.41) is 17.9. The summed E-state index contributed by atoms with van der Waals surface area (Å²) in [6, 6.07) is 3.34. The SMILES string of the molecule is CS(=O)(=O)c1ccc(O)cc1O. The average Bonchev–Trinajstić information content (AvgIpc) is 1.83. The van der Waals surface area contributed by atoms with Crippen molar-refractivity contribution >= 4 is 9.84 Å². The molecule has 0 spiro atoms. The van der Waals surface area contributed by atoms with Crippen molar-refractivity contribution in [2.45, 2.75) is 4.90 Å². The van der Waals surface area contributed by atoms with Gasteiger partial charge in [-0.15, -0.1) is 0 Å². The standard InChI is InChI=1S/C7H8O4S/c1-12(10,11)7-3-2-5(8)4-6(7)9/h2-4,8-9H,1H3. The Labute approximate surface area is 70.0 Å². The number of aromatic hydroxyl groups is 2. The van der Waals surface area contributed by atoms with Crippen LogP contribution in [0, 0.1) is 0 Å². The predicted octanol–water partition coefficient (Wildman–Crippen LogP) is 0.501. The zero-order chi connectivity index (χ0) is 9.35. The molecule has 0 saturated heterocycles. The predicted molar refractivity (Wildman–Crippen MR) is 42.9 cm³/mol. The molecule has 66 valence electrons. The summed E-state index contributed by atoms with van der Waals surface area (Å²) in [4.78, 5) is -0.180. The summed E-state index contributed by atoms with van der Waals surface area (Å²) in [5.74, 6) is -0.600. The van der Waals surface area contributed by atoms with E-state index in [0.717, 1.165) is 18.4 Å². The van der Waals surface area contributed by atoms with Gasteiger partial charge >= 0.3 is 0 Å². The maximum absolute atomic E-state index is 10.9. The van der Waals surface area contributed by atoms with Gasteiger partial charge in [0, 0.05) is 12.3 Å². The molecule has 0 amide bonds. The van der Waals surface area contributed by atoms with Gasteiger partial charge in [0.05, 0.1) is 0 Å². The Morgan fingerprint density at radius 1 is 1.25 bits per heavy atom. The lowest BCUT2D eigenvalue weighted by Crippen LogP contribution is -1.96. The summed E-state index contributed by atoms with van der Waals surface area (Å²) in [7, 11) is -3.41. The molecule has 0 aromatic heterocycles. The highest BCUT2D eigenvalue weighted by Crippen LogP contribution is 2.26. The van der Waals surface area contributed by atoms with Crippen LogP contribution in [0.3, 0.4) is 0 Å². The molecule has 5 heteroatoms. The van der Waals surface area contributed by atoms with Crippen LogP contribution in [0.4, 0.5) is 0 Å². The van der Waals surface area contributed by atoms with E-state index in [0.29, 0.717) is 0 Å². The van der Waals surface area contributed by atoms with Crippen molar-refractivity contribution in [3.05, 3.63) is 18.2 Å². The second-order valence-electron chi connectivity index (χ2n) is 2.42. The monoisotopic (exact) mass is 188 g/mol. The Hall–Kier alpha value is -1.23. The smallest absolute Gasteiger partial charge is 0.179 e. The van der Waals surface area contributed by atoms with Gasteiger partial charge in [-0.25, -0.2) is 8.42 Å². The first-order valence-electron chi connectivity index (χ1n) is 3.13. The molecule has 0 radical (unpaired) electrons. The van der Waals surface area contributed by atoms with Gasteiger partial charge in [0.15, 0.2) is 9.84 Å². The molecule has 0 bridgehead atoms. The van der Waals surface area contributed by atoms with Crippen LogP contribution >= 0.6 is 0 Å². The molecule has 0 heterocycles. The summed E-state index contributed by atoms with van der Waals surface area (Å²) in [6.07, 6.45) is 0.985. The highest BCUT2D eigenvalue weighted by Gasteiger charge is 2.12. The van der Waals surface area contributed by atoms with Gasteiger partial charge in [0.2, 0.25) is 0 Å². The molecule has 1 rings (SSSR count). The molecular weight excluding hydrogens is 180 g/mol. The van der Waals surface area contributed by atoms with E-state index < -0.39 is 15.6 Å². The molecule has 1 aromatic carbocycles. The largest absolute Gasteiger partial charge is 0.508 e. The van der Waals surface area contributed by atoms with Gasteiger partial charge in [0.1, 0.15) is 16.4 Å². The van der Waals surface area contributed by atoms with Crippen molar-refractivity contribution in [3.63, 3.8) is 0 Å². The van der Waals surface area contributed by atoms with Gasteiger partial charge in [-0.2, -0.15) is 0 Å². The van der Waals surface area contributed by atoms with E-state index in [9.17, 15) is 8.42 Å². The number of benzene rings is 1. The molecule has 4 nitrogen and oxygen atoms in total. The number of hydrogen-bond acceptors (Lipinski definition) is 4. The molecule has 1 aromatic rings. The maximum Gasteiger partial charge on any atom is 0.179 e. The van der Waals surface area contributed by atoms with Crippen molar-refractivity contribution < 1.29 is 18.6 Å². The lowest BCUT2D eigenvalue weighted by Gasteiger charge is -2.01. The number of hydrogen-bond donors (Lipinski definition) is 2. The fourth-order valence-corrected chi connectivity index (χ4v) is 1.57. The first kappa shape index (κ1) is 8.86. The Balaban J connectivity index is 3.39. The summed E-state index contributed by atoms with van der Waals surface area (Å²) in [5.41, 5.74) is 0. The molecule has 0 aliphatic carbocycles. The quantitative estimate of drug-likeness (QED) is 0.673. The van der Waals surface area contributed by atoms with E-state index in [2.05, 4.69) is 0 Å². The molecule has 0 aliphatic heterocycles. The summed E-state index contributed by atoms with van der Waals surface area (Å²) in [6.45, 7) is 0. The minimum absolute atomic E-state index is 0.167. The van der Waals surface area contributed by atoms with Crippen molar-refractivity contribution in [2.75, 3.05) is 6.26 Å². The number of sulfone groups is 1. The van der Waals surface area contributed by atoms with Crippen molar-refractivity contribution in [1.29, 1.82) is 0 Å². The van der Waals surface area contributed by atoms with Crippen LogP contribution in [0.15, 0.2) is 23.1 Å². The molecule has 2 N–H and O–H groups in total. The fraction of sp³-hybridized carbons (Fsp3) is 0.143. The number of phenols is 2. The van der Waals surface area contributed by atoms with Crippen molar-refractivity contribution in [1.82, 2.24) is 0 Å². The normalized spacial score (nSPS) is 11.4. The average molecular weight is 188 g/mol. The number of rotatable bonds is 1. The second kappa shape index (κ2) is 2.67. The van der Waals surface area contributed by atoms with E-state index in [1.54, 1.807) is 0 Å². The Bertz CT molecular complexity index is 394. The minimum Gasteiger partial charge on any atom is -0.508 e. The van der Waals surface area contributed by atoms with Gasteiger partial charge in [0.25, 0.3) is 0 Å². The van der Waals surface area contributed by atoms with Crippen LogP contribution in [0.25, 0.3) is 0 Å². The zero-order valence-corrected chi connectivity index (χ0v) is 7.17. The lowest BCUT2D eigenvalue weighted by molar-refractivity contribution is 0.440. The second-order valence-corrected chi connectivity index (χ2v) is 4.41. The Morgan fingerprint density at radius 2 is 1.83 bits per heavy atom. The molecule has 12 heavy (non-hydrogen) atoms. The lowest BCUT2D eigenvalue weighted by atomic mass is 10.3. The van der Waals surface area contributed by atoms with Crippen molar-refractivity contribution in [3.8, 4) is 11.5 Å². The van der Waals surface area contributed by atoms with E-state index in [1.165, 1.54) is 6.07 Å². The van der Waals surface area contributed by atoms with Crippen LogP contribution in [-0.2, 0) is 9.84 Å². The van der Waals surface area contributed by atoms with Crippen LogP contribution < -0.4 is 0 Å². The first-order chi connectivity index (χ1) is 5.41. The van der Waals surface area contributed by atoms with Gasteiger partial charge in [-0.05, 0) is 12.1 Å². The van der Waals surface area contributed by atoms with E-state index in [-0.39, 0.29) is 10.6 Å². The van der Waals surface area contributed by atoms with Crippen LogP contribution in [0.5, 0.6) is 11.5 Å². The third kappa shape index (κ3) is 1.68. The highest BCUT2D eigenvalue weighted by atomic mass is 32.2. The molecule has 0 fully saturated rings. The van der Waals surface area contributed by atoms with Crippen molar-refractivity contribution in [2.24, 2.45) is 0 Å². The molecule has 0 saturated carbocycles. The van der Waals surface area contributed by atoms with E-state index in [1.807, 2.05) is 0 Å². The summed E-state index contributed by atoms with van der Waals surface area (Å²) < 4.78 is 21.8. The zero-order valence-electron chi connectivity index (χ0n) is 6.35. The van der Waals surface area contributed by atoms with Gasteiger partial charge < -0.3 is 10.2 Å². The topological polar surface area (TPSA) is 74.6 Å². The summed E-state index contributed by atoms with van der Waals surface area (Å²) >= 11 is 0. The van der Waals surface area contributed by atoms with Crippen LogP contribution in [0.1, 0.15) is 0 Å². The van der Waals surface area contributed by atoms with Crippen LogP contribution in [0.2, 0.25) is 0 Å². The first-order valence-corrected chi connectivity index (χ1v) is 5.02. The molecule has 0 unspecified atom stereocenters. The highest BCUT2D eigenvalue weighted by molar-refractivity contribution is 7.90. The molecule has 0 aliphatic rings. The molecular formula is C7H8O4S. The minimum atomic E-state index is -3.41. The van der Waals surface area contributed by atoms with Gasteiger partial charge in [-0.3, -0.25) is 0 Å². The fourth-order valence-electron chi connectivity index (χ4n) is 0.819. The Kier molecular flexibility index (Phi) is 1.97. The van der Waals surface area contributed by atoms with E-state index >= 15 is 0 Å². The third-order valence-corrected chi connectivity index (χ3v) is 2.49. The van der Waals surface area contributed by atoms with Crippen LogP contribution in [-0.4, -0.2) is 24.9 Å². The van der Waals surface area contributed by atoms with E-state index in [4.69, 9.17) is 10.2 Å². The Morgan fingerprint density at radius 3 is 2.25 bits per heavy atom. The number of phenolic OH excluding ortho intramolecular Hbond substituents is 2. The third-order valence-electron chi connectivity index (χ3n) is 1.34. The maximum atomic E-state index is 10.9. The molecule has 0 atom stereocenters. The van der Waals surface area contributed by atoms with Gasteiger partial charge in [-0.1, -0.05) is 0 Å².